The molecule has 0 fully saturated rings. The topological polar surface area (TPSA) is 38.9 Å². The van der Waals surface area contributed by atoms with Crippen LogP contribution in [-0.4, -0.2) is 17.2 Å². The van der Waals surface area contributed by atoms with Crippen LogP contribution in [0.25, 0.3) is 0 Å². The van der Waals surface area contributed by atoms with E-state index in [-0.39, 0.29) is 6.42 Å². The van der Waals surface area contributed by atoms with Crippen LogP contribution in [0.2, 0.25) is 0 Å². The lowest BCUT2D eigenvalue weighted by Crippen LogP contribution is -2.29. The maximum absolute atomic E-state index is 12.0. The molecule has 15 heavy (non-hydrogen) atoms. The number of aryl methyl sites for hydroxylation is 2. The van der Waals surface area contributed by atoms with Crippen LogP contribution in [0.5, 0.6) is 0 Å². The third-order valence-corrected chi connectivity index (χ3v) is 3.10. The van der Waals surface area contributed by atoms with Crippen molar-refractivity contribution in [3.05, 3.63) is 15.6 Å². The summed E-state index contributed by atoms with van der Waals surface area (Å²) in [4.78, 5) is 5.18. The lowest BCUT2D eigenvalue weighted by molar-refractivity contribution is -0.138. The zero-order valence-corrected chi connectivity index (χ0v) is 9.37. The Kier molecular flexibility index (Phi) is 3.72. The van der Waals surface area contributed by atoms with Gasteiger partial charge in [-0.25, -0.2) is 4.98 Å². The van der Waals surface area contributed by atoms with Crippen molar-refractivity contribution >= 4 is 11.3 Å². The van der Waals surface area contributed by atoms with Gasteiger partial charge in [0.15, 0.2) is 0 Å². The molecule has 0 bridgehead atoms. The van der Waals surface area contributed by atoms with E-state index in [4.69, 9.17) is 5.73 Å². The smallest absolute Gasteiger partial charge is 0.327 e. The molecule has 0 aliphatic rings. The molecule has 1 unspecified atom stereocenters. The maximum Gasteiger partial charge on any atom is 0.390 e. The van der Waals surface area contributed by atoms with Gasteiger partial charge in [0.05, 0.1) is 17.1 Å². The Bertz CT molecular complexity index is 313. The summed E-state index contributed by atoms with van der Waals surface area (Å²) in [5.41, 5.74) is 6.27. The number of alkyl halides is 3. The number of hydrogen-bond donors (Lipinski definition) is 1. The lowest BCUT2D eigenvalue weighted by atomic mass is 10.1. The van der Waals surface area contributed by atoms with Crippen molar-refractivity contribution in [2.24, 2.45) is 5.73 Å². The number of halogens is 3. The highest BCUT2D eigenvalue weighted by Gasteiger charge is 2.30. The van der Waals surface area contributed by atoms with Gasteiger partial charge in [-0.15, -0.1) is 11.3 Å². The Balaban J connectivity index is 2.55. The zero-order valence-electron chi connectivity index (χ0n) is 8.56. The third kappa shape index (κ3) is 4.17. The molecule has 1 aromatic heterocycles. The molecule has 0 spiro atoms. The summed E-state index contributed by atoms with van der Waals surface area (Å²) in [5, 5.41) is 0.682. The first-order chi connectivity index (χ1) is 6.78. The number of thiazole rings is 1. The highest BCUT2D eigenvalue weighted by atomic mass is 32.1. The van der Waals surface area contributed by atoms with Crippen LogP contribution in [0.15, 0.2) is 0 Å². The quantitative estimate of drug-likeness (QED) is 0.879. The minimum absolute atomic E-state index is 0.193. The summed E-state index contributed by atoms with van der Waals surface area (Å²) < 4.78 is 36.0. The van der Waals surface area contributed by atoms with Gasteiger partial charge in [0, 0.05) is 17.3 Å². The van der Waals surface area contributed by atoms with Crippen molar-refractivity contribution in [2.45, 2.75) is 38.9 Å². The van der Waals surface area contributed by atoms with Crippen molar-refractivity contribution in [3.8, 4) is 0 Å². The molecule has 86 valence electrons. The van der Waals surface area contributed by atoms with Crippen molar-refractivity contribution < 1.29 is 13.2 Å². The van der Waals surface area contributed by atoms with E-state index < -0.39 is 18.6 Å². The second-order valence-corrected chi connectivity index (χ2v) is 4.82. The molecular formula is C9H13F3N2S. The van der Waals surface area contributed by atoms with Crippen LogP contribution in [0, 0.1) is 13.8 Å². The van der Waals surface area contributed by atoms with Gasteiger partial charge in [0.1, 0.15) is 0 Å². The Morgan fingerprint density at radius 3 is 2.40 bits per heavy atom. The van der Waals surface area contributed by atoms with E-state index in [2.05, 4.69) is 4.98 Å². The van der Waals surface area contributed by atoms with E-state index in [1.165, 1.54) is 11.3 Å². The number of aromatic nitrogens is 1. The molecule has 0 saturated carbocycles. The van der Waals surface area contributed by atoms with E-state index >= 15 is 0 Å². The Morgan fingerprint density at radius 1 is 1.40 bits per heavy atom. The standard InChI is InChI=1S/C9H13F3N2S/c1-5-6(2)15-8(14-5)3-7(13)4-9(10,11)12/h7H,3-4,13H2,1-2H3. The molecule has 6 heteroatoms. The lowest BCUT2D eigenvalue weighted by Gasteiger charge is -2.12. The number of hydrogen-bond acceptors (Lipinski definition) is 3. The Morgan fingerprint density at radius 2 is 2.00 bits per heavy atom. The summed E-state index contributed by atoms with van der Waals surface area (Å²) >= 11 is 1.41. The first kappa shape index (κ1) is 12.4. The summed E-state index contributed by atoms with van der Waals surface area (Å²) in [6, 6.07) is -0.894. The van der Waals surface area contributed by atoms with Gasteiger partial charge in [0.2, 0.25) is 0 Å². The van der Waals surface area contributed by atoms with Crippen molar-refractivity contribution in [1.29, 1.82) is 0 Å². The maximum atomic E-state index is 12.0. The van der Waals surface area contributed by atoms with E-state index in [1.807, 2.05) is 13.8 Å². The Hall–Kier alpha value is -0.620. The SMILES string of the molecule is Cc1nc(CC(N)CC(F)(F)F)sc1C. The van der Waals surface area contributed by atoms with Gasteiger partial charge < -0.3 is 5.73 Å². The monoisotopic (exact) mass is 238 g/mol. The second-order valence-electron chi connectivity index (χ2n) is 3.53. The summed E-state index contributed by atoms with van der Waals surface area (Å²) in [6.45, 7) is 3.73. The van der Waals surface area contributed by atoms with Gasteiger partial charge in [-0.05, 0) is 13.8 Å². The molecule has 2 N–H and O–H groups in total. The molecule has 2 nitrogen and oxygen atoms in total. The van der Waals surface area contributed by atoms with Crippen LogP contribution in [0.1, 0.15) is 22.0 Å². The van der Waals surface area contributed by atoms with E-state index in [1.54, 1.807) is 0 Å². The van der Waals surface area contributed by atoms with Crippen LogP contribution in [-0.2, 0) is 6.42 Å². The summed E-state index contributed by atoms with van der Waals surface area (Å²) in [5.74, 6) is 0. The fraction of sp³-hybridized carbons (Fsp3) is 0.667. The van der Waals surface area contributed by atoms with Crippen LogP contribution >= 0.6 is 11.3 Å². The minimum atomic E-state index is -4.19. The van der Waals surface area contributed by atoms with Gasteiger partial charge in [0.25, 0.3) is 0 Å². The Labute approximate surface area is 90.3 Å². The van der Waals surface area contributed by atoms with Crippen LogP contribution < -0.4 is 5.73 Å². The van der Waals surface area contributed by atoms with Gasteiger partial charge in [-0.3, -0.25) is 0 Å². The van der Waals surface area contributed by atoms with E-state index in [0.717, 1.165) is 10.6 Å². The van der Waals surface area contributed by atoms with Gasteiger partial charge >= 0.3 is 6.18 Å². The third-order valence-electron chi connectivity index (χ3n) is 2.00. The molecule has 0 aliphatic heterocycles. The fourth-order valence-electron chi connectivity index (χ4n) is 1.22. The molecule has 0 aromatic carbocycles. The molecule has 1 aromatic rings. The molecule has 0 saturated heterocycles. The summed E-state index contributed by atoms with van der Waals surface area (Å²) in [7, 11) is 0. The molecule has 1 rings (SSSR count). The predicted octanol–water partition coefficient (Wildman–Crippen LogP) is 2.58. The average Bonchev–Trinajstić information content (AvgIpc) is 2.26. The average molecular weight is 238 g/mol. The normalized spacial score (nSPS) is 14.3. The van der Waals surface area contributed by atoms with E-state index in [9.17, 15) is 13.2 Å². The molecule has 1 atom stereocenters. The molecule has 1 heterocycles. The highest BCUT2D eigenvalue weighted by molar-refractivity contribution is 7.11. The molecule has 0 radical (unpaired) electrons. The van der Waals surface area contributed by atoms with Gasteiger partial charge in [-0.1, -0.05) is 0 Å². The van der Waals surface area contributed by atoms with E-state index in [0.29, 0.717) is 5.01 Å². The predicted molar refractivity (Wildman–Crippen MR) is 53.9 cm³/mol. The minimum Gasteiger partial charge on any atom is -0.327 e. The second kappa shape index (κ2) is 4.49. The largest absolute Gasteiger partial charge is 0.390 e. The highest BCUT2D eigenvalue weighted by Crippen LogP contribution is 2.24. The van der Waals surface area contributed by atoms with Crippen LogP contribution in [0.3, 0.4) is 0 Å². The molecule has 0 amide bonds. The first-order valence-electron chi connectivity index (χ1n) is 4.53. The van der Waals surface area contributed by atoms with Crippen molar-refractivity contribution in [2.75, 3.05) is 0 Å². The number of rotatable bonds is 3. The van der Waals surface area contributed by atoms with Crippen molar-refractivity contribution in [3.63, 3.8) is 0 Å². The van der Waals surface area contributed by atoms with Crippen LogP contribution in [0.4, 0.5) is 13.2 Å². The summed E-state index contributed by atoms with van der Waals surface area (Å²) in [6.07, 6.45) is -4.95. The number of nitrogens with zero attached hydrogens (tertiary/aromatic N) is 1. The molecular weight excluding hydrogens is 225 g/mol. The number of nitrogens with two attached hydrogens (primary N) is 1. The fourth-order valence-corrected chi connectivity index (χ4v) is 2.25. The van der Waals surface area contributed by atoms with Gasteiger partial charge in [-0.2, -0.15) is 13.2 Å². The zero-order chi connectivity index (χ0) is 11.6. The first-order valence-corrected chi connectivity index (χ1v) is 5.35. The molecule has 0 aliphatic carbocycles. The van der Waals surface area contributed by atoms with Crippen molar-refractivity contribution in [1.82, 2.24) is 4.98 Å².